The fourth-order valence-corrected chi connectivity index (χ4v) is 12.4. The minimum atomic E-state index is -2.24. The van der Waals surface area contributed by atoms with Gasteiger partial charge in [-0.3, -0.25) is 0 Å². The summed E-state index contributed by atoms with van der Waals surface area (Å²) in [5.41, 5.74) is 4.10. The van der Waals surface area contributed by atoms with Crippen molar-refractivity contribution in [1.82, 2.24) is 4.98 Å². The molecular weight excluding hydrogens is 339 g/mol. The zero-order valence-electron chi connectivity index (χ0n) is 14.0. The van der Waals surface area contributed by atoms with Crippen molar-refractivity contribution in [1.29, 1.82) is 0 Å². The van der Waals surface area contributed by atoms with Gasteiger partial charge in [0.15, 0.2) is 0 Å². The van der Waals surface area contributed by atoms with Gasteiger partial charge in [0, 0.05) is 0 Å². The molecular formula is C21H19GeN. The van der Waals surface area contributed by atoms with Crippen molar-refractivity contribution in [2.45, 2.75) is 25.4 Å². The Morgan fingerprint density at radius 2 is 1.65 bits per heavy atom. The van der Waals surface area contributed by atoms with Gasteiger partial charge in [-0.1, -0.05) is 0 Å². The van der Waals surface area contributed by atoms with Gasteiger partial charge in [-0.15, -0.1) is 0 Å². The molecule has 112 valence electrons. The van der Waals surface area contributed by atoms with E-state index in [-0.39, 0.29) is 0 Å². The molecule has 0 saturated heterocycles. The first-order valence-electron chi connectivity index (χ1n) is 8.26. The summed E-state index contributed by atoms with van der Waals surface area (Å²) in [6, 6.07) is 13.6. The molecule has 1 aliphatic rings. The van der Waals surface area contributed by atoms with Gasteiger partial charge in [-0.25, -0.2) is 0 Å². The Hall–Kier alpha value is -1.87. The quantitative estimate of drug-likeness (QED) is 0.338. The molecule has 0 N–H and O–H groups in total. The fourth-order valence-electron chi connectivity index (χ4n) is 4.68. The van der Waals surface area contributed by atoms with Gasteiger partial charge in [0.25, 0.3) is 0 Å². The van der Waals surface area contributed by atoms with Gasteiger partial charge < -0.3 is 0 Å². The maximum absolute atomic E-state index is 4.74. The Balaban J connectivity index is 2.26. The van der Waals surface area contributed by atoms with Crippen LogP contribution in [0.3, 0.4) is 0 Å². The molecule has 0 saturated carbocycles. The van der Waals surface area contributed by atoms with Crippen molar-refractivity contribution in [3.8, 4) is 0 Å². The Morgan fingerprint density at radius 3 is 2.48 bits per heavy atom. The number of fused-ring (bicyclic) bond motifs is 3. The molecule has 3 aromatic carbocycles. The normalized spacial score (nSPS) is 15.3. The van der Waals surface area contributed by atoms with Crippen LogP contribution >= 0.6 is 0 Å². The van der Waals surface area contributed by atoms with Gasteiger partial charge in [0.05, 0.1) is 0 Å². The molecule has 0 fully saturated rings. The summed E-state index contributed by atoms with van der Waals surface area (Å²) < 4.78 is 3.32. The van der Waals surface area contributed by atoms with Crippen LogP contribution in [-0.4, -0.2) is 18.3 Å². The Bertz CT molecular complexity index is 1160. The maximum atomic E-state index is 4.74. The van der Waals surface area contributed by atoms with Crippen LogP contribution in [0.2, 0.25) is 11.5 Å². The van der Waals surface area contributed by atoms with E-state index in [1.54, 1.807) is 8.79 Å². The van der Waals surface area contributed by atoms with E-state index in [2.05, 4.69) is 61.8 Å². The predicted octanol–water partition coefficient (Wildman–Crippen LogP) is 4.29. The van der Waals surface area contributed by atoms with E-state index in [9.17, 15) is 0 Å². The zero-order valence-corrected chi connectivity index (χ0v) is 16.1. The summed E-state index contributed by atoms with van der Waals surface area (Å²) in [5.74, 6) is 5.10. The zero-order chi connectivity index (χ0) is 15.9. The molecule has 1 aromatic heterocycles. The van der Waals surface area contributed by atoms with Crippen molar-refractivity contribution in [2.24, 2.45) is 0 Å². The summed E-state index contributed by atoms with van der Waals surface area (Å²) in [7, 11) is 0. The van der Waals surface area contributed by atoms with Crippen LogP contribution in [0.15, 0.2) is 42.6 Å². The van der Waals surface area contributed by atoms with Crippen LogP contribution < -0.4 is 8.79 Å². The van der Waals surface area contributed by atoms with Crippen molar-refractivity contribution in [3.05, 3.63) is 53.7 Å². The third-order valence-corrected chi connectivity index (χ3v) is 13.4. The molecule has 2 heterocycles. The molecule has 0 atom stereocenters. The van der Waals surface area contributed by atoms with Crippen LogP contribution in [0, 0.1) is 13.8 Å². The summed E-state index contributed by atoms with van der Waals surface area (Å²) in [6.45, 7) is 4.58. The second kappa shape index (κ2) is 4.15. The molecule has 5 rings (SSSR count). The predicted molar refractivity (Wildman–Crippen MR) is 103 cm³/mol. The van der Waals surface area contributed by atoms with Crippen LogP contribution in [0.25, 0.3) is 32.4 Å². The molecule has 0 amide bonds. The van der Waals surface area contributed by atoms with Gasteiger partial charge in [-0.2, -0.15) is 0 Å². The second-order valence-corrected chi connectivity index (χ2v) is 16.4. The molecule has 23 heavy (non-hydrogen) atoms. The number of aromatic nitrogens is 1. The van der Waals surface area contributed by atoms with Crippen molar-refractivity contribution < 1.29 is 0 Å². The SMILES string of the molecule is Cc1cc2c3cccnc3c3ccc[c]4c3c2[c](c1C)[Ge]4([CH3])[CH3]. The van der Waals surface area contributed by atoms with E-state index in [4.69, 9.17) is 4.98 Å². The van der Waals surface area contributed by atoms with Crippen molar-refractivity contribution in [3.63, 3.8) is 0 Å². The van der Waals surface area contributed by atoms with E-state index in [1.807, 2.05) is 6.20 Å². The van der Waals surface area contributed by atoms with Gasteiger partial charge >= 0.3 is 139 Å². The standard InChI is InChI=1S/C21H19GeN/c1-12-11-16-14-8-6-10-23-21(14)15-7-5-9-17-18(15)19(16)20(13(12)2)22(17,3)4/h5-11H,1-4H3. The molecule has 0 unspecified atom stereocenters. The average molecular weight is 358 g/mol. The number of benzene rings is 3. The number of aryl methyl sites for hydroxylation is 1. The fraction of sp³-hybridized carbons (Fsp3) is 0.190. The van der Waals surface area contributed by atoms with E-state index in [1.165, 1.54) is 38.1 Å². The van der Waals surface area contributed by atoms with E-state index < -0.39 is 13.3 Å². The first-order chi connectivity index (χ1) is 11.0. The summed E-state index contributed by atoms with van der Waals surface area (Å²) >= 11 is -2.24. The number of nitrogens with zero attached hydrogens (tertiary/aromatic N) is 1. The number of rotatable bonds is 0. The molecule has 1 aliphatic heterocycles. The summed E-state index contributed by atoms with van der Waals surface area (Å²) in [5, 5.41) is 7.08. The number of hydrogen-bond acceptors (Lipinski definition) is 1. The van der Waals surface area contributed by atoms with E-state index in [0.717, 1.165) is 5.52 Å². The summed E-state index contributed by atoms with van der Waals surface area (Å²) in [6.07, 6.45) is 1.92. The van der Waals surface area contributed by atoms with Crippen LogP contribution in [-0.2, 0) is 0 Å². The molecule has 0 radical (unpaired) electrons. The summed E-state index contributed by atoms with van der Waals surface area (Å²) in [4.78, 5) is 4.74. The molecule has 0 aliphatic carbocycles. The topological polar surface area (TPSA) is 12.9 Å². The monoisotopic (exact) mass is 359 g/mol. The average Bonchev–Trinajstić information content (AvgIpc) is 2.79. The Labute approximate surface area is 138 Å². The molecule has 0 spiro atoms. The van der Waals surface area contributed by atoms with Crippen molar-refractivity contribution in [2.75, 3.05) is 0 Å². The minimum absolute atomic E-state index is 1.16. The molecule has 0 bridgehead atoms. The van der Waals surface area contributed by atoms with E-state index in [0.29, 0.717) is 0 Å². The number of pyridine rings is 1. The van der Waals surface area contributed by atoms with Crippen LogP contribution in [0.5, 0.6) is 0 Å². The van der Waals surface area contributed by atoms with Crippen LogP contribution in [0.4, 0.5) is 0 Å². The third-order valence-electron chi connectivity index (χ3n) is 5.81. The van der Waals surface area contributed by atoms with E-state index >= 15 is 0 Å². The van der Waals surface area contributed by atoms with Crippen LogP contribution in [0.1, 0.15) is 11.1 Å². The first-order valence-corrected chi connectivity index (χ1v) is 14.6. The first kappa shape index (κ1) is 13.6. The van der Waals surface area contributed by atoms with Gasteiger partial charge in [-0.05, 0) is 0 Å². The van der Waals surface area contributed by atoms with Gasteiger partial charge in [0.2, 0.25) is 0 Å². The molecule has 1 nitrogen and oxygen atoms in total. The second-order valence-electron chi connectivity index (χ2n) is 7.37. The number of hydrogen-bond donors (Lipinski definition) is 0. The van der Waals surface area contributed by atoms with Gasteiger partial charge in [0.1, 0.15) is 0 Å². The molecule has 4 aromatic rings. The Kier molecular flexibility index (Phi) is 2.45. The van der Waals surface area contributed by atoms with Crippen molar-refractivity contribution >= 4 is 54.5 Å². The Morgan fingerprint density at radius 1 is 0.870 bits per heavy atom. The molecule has 2 heteroatoms. The third kappa shape index (κ3) is 1.47.